The van der Waals surface area contributed by atoms with Crippen molar-refractivity contribution in [1.29, 1.82) is 0 Å². The maximum absolute atomic E-state index is 11.6. The molecule has 0 fully saturated rings. The van der Waals surface area contributed by atoms with E-state index in [2.05, 4.69) is 19.2 Å². The van der Waals surface area contributed by atoms with Crippen LogP contribution in [0.5, 0.6) is 0 Å². The summed E-state index contributed by atoms with van der Waals surface area (Å²) in [6, 6.07) is 6.95. The molecule has 0 saturated heterocycles. The van der Waals surface area contributed by atoms with E-state index in [1.54, 1.807) is 24.3 Å². The Balaban J connectivity index is 2.51. The molecule has 1 amide bonds. The van der Waals surface area contributed by atoms with Crippen LogP contribution in [0.3, 0.4) is 0 Å². The van der Waals surface area contributed by atoms with Gasteiger partial charge in [-0.1, -0.05) is 13.8 Å². The van der Waals surface area contributed by atoms with E-state index in [1.165, 1.54) is 6.92 Å². The molecule has 0 aliphatic heterocycles. The van der Waals surface area contributed by atoms with E-state index in [4.69, 9.17) is 0 Å². The highest BCUT2D eigenvalue weighted by atomic mass is 16.1. The number of carbonyl (C=O) groups excluding carboxylic acids is 2. The van der Waals surface area contributed by atoms with Crippen molar-refractivity contribution < 1.29 is 9.59 Å². The zero-order chi connectivity index (χ0) is 12.8. The first-order valence-corrected chi connectivity index (χ1v) is 5.90. The van der Waals surface area contributed by atoms with Gasteiger partial charge in [-0.3, -0.25) is 9.59 Å². The van der Waals surface area contributed by atoms with Crippen LogP contribution < -0.4 is 5.32 Å². The summed E-state index contributed by atoms with van der Waals surface area (Å²) in [7, 11) is 0. The van der Waals surface area contributed by atoms with Crippen molar-refractivity contribution in [2.24, 2.45) is 5.92 Å². The zero-order valence-corrected chi connectivity index (χ0v) is 10.6. The molecule has 1 N–H and O–H groups in total. The van der Waals surface area contributed by atoms with E-state index in [-0.39, 0.29) is 11.7 Å². The summed E-state index contributed by atoms with van der Waals surface area (Å²) in [5, 5.41) is 2.81. The molecule has 0 heterocycles. The Labute approximate surface area is 102 Å². The number of rotatable bonds is 5. The maximum Gasteiger partial charge on any atom is 0.224 e. The van der Waals surface area contributed by atoms with Crippen LogP contribution in [0, 0.1) is 5.92 Å². The summed E-state index contributed by atoms with van der Waals surface area (Å²) in [6.07, 6.45) is 1.42. The number of anilines is 1. The number of ketones is 1. The van der Waals surface area contributed by atoms with Crippen LogP contribution in [-0.4, -0.2) is 11.7 Å². The van der Waals surface area contributed by atoms with Crippen LogP contribution in [0.2, 0.25) is 0 Å². The first-order valence-electron chi connectivity index (χ1n) is 5.90. The number of carbonyl (C=O) groups is 2. The van der Waals surface area contributed by atoms with Gasteiger partial charge in [0.25, 0.3) is 0 Å². The third kappa shape index (κ3) is 4.81. The molecule has 1 aromatic carbocycles. The molecular weight excluding hydrogens is 214 g/mol. The van der Waals surface area contributed by atoms with Crippen molar-refractivity contribution >= 4 is 17.4 Å². The molecule has 0 unspecified atom stereocenters. The molecule has 0 spiro atoms. The molecular formula is C14H19NO2. The Morgan fingerprint density at radius 1 is 1.18 bits per heavy atom. The average molecular weight is 233 g/mol. The molecule has 1 rings (SSSR count). The molecule has 17 heavy (non-hydrogen) atoms. The van der Waals surface area contributed by atoms with Crippen LogP contribution in [-0.2, 0) is 4.79 Å². The lowest BCUT2D eigenvalue weighted by Crippen LogP contribution is -2.12. The number of hydrogen-bond donors (Lipinski definition) is 1. The maximum atomic E-state index is 11.6. The zero-order valence-electron chi connectivity index (χ0n) is 10.6. The molecule has 0 aliphatic carbocycles. The van der Waals surface area contributed by atoms with Crippen molar-refractivity contribution in [3.8, 4) is 0 Å². The van der Waals surface area contributed by atoms with E-state index < -0.39 is 0 Å². The van der Waals surface area contributed by atoms with Gasteiger partial charge >= 0.3 is 0 Å². The summed E-state index contributed by atoms with van der Waals surface area (Å²) in [5.74, 6) is 0.581. The number of hydrogen-bond acceptors (Lipinski definition) is 2. The number of Topliss-reactive ketones (excluding diaryl/α,β-unsaturated/α-hetero) is 1. The van der Waals surface area contributed by atoms with Crippen LogP contribution in [0.15, 0.2) is 24.3 Å². The number of amides is 1. The summed E-state index contributed by atoms with van der Waals surface area (Å²) in [4.78, 5) is 22.6. The van der Waals surface area contributed by atoms with Gasteiger partial charge in [0.2, 0.25) is 5.91 Å². The first-order chi connectivity index (χ1) is 7.99. The molecule has 0 saturated carbocycles. The second kappa shape index (κ2) is 6.18. The van der Waals surface area contributed by atoms with E-state index >= 15 is 0 Å². The minimum Gasteiger partial charge on any atom is -0.326 e. The second-order valence-corrected chi connectivity index (χ2v) is 4.61. The molecule has 0 aromatic heterocycles. The van der Waals surface area contributed by atoms with Crippen LogP contribution in [0.25, 0.3) is 0 Å². The van der Waals surface area contributed by atoms with Gasteiger partial charge in [0.05, 0.1) is 0 Å². The Morgan fingerprint density at radius 3 is 2.24 bits per heavy atom. The summed E-state index contributed by atoms with van der Waals surface area (Å²) in [6.45, 7) is 5.71. The summed E-state index contributed by atoms with van der Waals surface area (Å²) in [5.41, 5.74) is 1.40. The fraction of sp³-hybridized carbons (Fsp3) is 0.429. The van der Waals surface area contributed by atoms with Crippen molar-refractivity contribution in [3.05, 3.63) is 29.8 Å². The lowest BCUT2D eigenvalue weighted by molar-refractivity contribution is -0.116. The van der Waals surface area contributed by atoms with Gasteiger partial charge in [0.1, 0.15) is 0 Å². The minimum atomic E-state index is 0.0225. The first kappa shape index (κ1) is 13.4. The molecule has 3 heteroatoms. The topological polar surface area (TPSA) is 46.2 Å². The fourth-order valence-corrected chi connectivity index (χ4v) is 1.43. The Kier molecular flexibility index (Phi) is 4.88. The van der Waals surface area contributed by atoms with E-state index in [1.807, 2.05) is 0 Å². The van der Waals surface area contributed by atoms with Crippen LogP contribution in [0.4, 0.5) is 5.69 Å². The molecule has 0 bridgehead atoms. The predicted octanol–water partition coefficient (Wildman–Crippen LogP) is 3.26. The predicted molar refractivity (Wildman–Crippen MR) is 69.1 cm³/mol. The molecule has 0 atom stereocenters. The lowest BCUT2D eigenvalue weighted by atomic mass is 10.1. The van der Waals surface area contributed by atoms with Crippen LogP contribution >= 0.6 is 0 Å². The van der Waals surface area contributed by atoms with Gasteiger partial charge in [0.15, 0.2) is 5.78 Å². The monoisotopic (exact) mass is 233 g/mol. The highest BCUT2D eigenvalue weighted by molar-refractivity contribution is 5.95. The second-order valence-electron chi connectivity index (χ2n) is 4.61. The fourth-order valence-electron chi connectivity index (χ4n) is 1.43. The third-order valence-corrected chi connectivity index (χ3v) is 2.52. The number of benzene rings is 1. The van der Waals surface area contributed by atoms with E-state index in [9.17, 15) is 9.59 Å². The average Bonchev–Trinajstić information content (AvgIpc) is 2.27. The molecule has 0 aliphatic rings. The Bertz CT molecular complexity index is 393. The van der Waals surface area contributed by atoms with E-state index in [0.29, 0.717) is 17.9 Å². The van der Waals surface area contributed by atoms with Crippen molar-refractivity contribution in [2.75, 3.05) is 5.32 Å². The molecule has 1 aromatic rings. The largest absolute Gasteiger partial charge is 0.326 e. The Morgan fingerprint density at radius 2 is 1.76 bits per heavy atom. The van der Waals surface area contributed by atoms with Crippen molar-refractivity contribution in [1.82, 2.24) is 0 Å². The van der Waals surface area contributed by atoms with E-state index in [0.717, 1.165) is 12.1 Å². The SMILES string of the molecule is CC(=O)c1ccc(NC(=O)CCC(C)C)cc1. The Hall–Kier alpha value is -1.64. The summed E-state index contributed by atoms with van der Waals surface area (Å²) >= 11 is 0. The highest BCUT2D eigenvalue weighted by Gasteiger charge is 2.04. The highest BCUT2D eigenvalue weighted by Crippen LogP contribution is 2.11. The van der Waals surface area contributed by atoms with Gasteiger partial charge in [-0.05, 0) is 43.5 Å². The van der Waals surface area contributed by atoms with Crippen LogP contribution in [0.1, 0.15) is 44.0 Å². The van der Waals surface area contributed by atoms with Crippen molar-refractivity contribution in [3.63, 3.8) is 0 Å². The normalized spacial score (nSPS) is 10.4. The molecule has 3 nitrogen and oxygen atoms in total. The van der Waals surface area contributed by atoms with Gasteiger partial charge < -0.3 is 5.32 Å². The van der Waals surface area contributed by atoms with Crippen molar-refractivity contribution in [2.45, 2.75) is 33.6 Å². The molecule has 92 valence electrons. The quantitative estimate of drug-likeness (QED) is 0.793. The smallest absolute Gasteiger partial charge is 0.224 e. The number of nitrogens with one attached hydrogen (secondary N) is 1. The minimum absolute atomic E-state index is 0.0225. The molecule has 0 radical (unpaired) electrons. The van der Waals surface area contributed by atoms with Gasteiger partial charge in [-0.15, -0.1) is 0 Å². The third-order valence-electron chi connectivity index (χ3n) is 2.52. The standard InChI is InChI=1S/C14H19NO2/c1-10(2)4-9-14(17)15-13-7-5-12(6-8-13)11(3)16/h5-8,10H,4,9H2,1-3H3,(H,15,17). The van der Waals surface area contributed by atoms with Gasteiger partial charge in [0, 0.05) is 17.7 Å². The van der Waals surface area contributed by atoms with Gasteiger partial charge in [-0.25, -0.2) is 0 Å². The lowest BCUT2D eigenvalue weighted by Gasteiger charge is -2.07. The summed E-state index contributed by atoms with van der Waals surface area (Å²) < 4.78 is 0. The van der Waals surface area contributed by atoms with Gasteiger partial charge in [-0.2, -0.15) is 0 Å².